The van der Waals surface area contributed by atoms with E-state index >= 15 is 0 Å². The molecule has 2 aromatic carbocycles. The molecule has 0 heterocycles. The lowest BCUT2D eigenvalue weighted by Crippen LogP contribution is -2.22. The molecule has 1 aliphatic rings. The summed E-state index contributed by atoms with van der Waals surface area (Å²) in [5, 5.41) is 4.32. The largest absolute Gasteiger partial charge is 0.310 e. The third-order valence-corrected chi connectivity index (χ3v) is 4.16. The highest BCUT2D eigenvalue weighted by molar-refractivity contribution is 6.30. The molecule has 20 heavy (non-hydrogen) atoms. The van der Waals surface area contributed by atoms with Crippen molar-refractivity contribution in [1.29, 1.82) is 0 Å². The topological polar surface area (TPSA) is 12.0 Å². The summed E-state index contributed by atoms with van der Waals surface area (Å²) in [6, 6.07) is 13.4. The van der Waals surface area contributed by atoms with Crippen LogP contribution in [-0.2, 0) is 12.8 Å². The second-order valence-corrected chi connectivity index (χ2v) is 5.67. The van der Waals surface area contributed by atoms with Crippen LogP contribution in [0, 0.1) is 5.82 Å². The van der Waals surface area contributed by atoms with E-state index in [2.05, 4.69) is 17.4 Å². The first-order valence-corrected chi connectivity index (χ1v) is 7.37. The summed E-state index contributed by atoms with van der Waals surface area (Å²) in [5.41, 5.74) is 3.44. The highest BCUT2D eigenvalue weighted by atomic mass is 35.5. The van der Waals surface area contributed by atoms with E-state index in [4.69, 9.17) is 11.6 Å². The van der Waals surface area contributed by atoms with Crippen LogP contribution in [-0.4, -0.2) is 6.54 Å². The maximum atomic E-state index is 13.5. The van der Waals surface area contributed by atoms with Crippen LogP contribution in [0.5, 0.6) is 0 Å². The minimum Gasteiger partial charge on any atom is -0.310 e. The maximum absolute atomic E-state index is 13.5. The summed E-state index contributed by atoms with van der Waals surface area (Å²) in [6.45, 7) is 0.785. The van der Waals surface area contributed by atoms with Gasteiger partial charge >= 0.3 is 0 Å². The Labute approximate surface area is 123 Å². The normalized spacial score (nSPS) is 17.2. The monoisotopic (exact) mass is 289 g/mol. The van der Waals surface area contributed by atoms with Gasteiger partial charge in [0.05, 0.1) is 0 Å². The van der Waals surface area contributed by atoms with E-state index in [1.165, 1.54) is 17.2 Å². The lowest BCUT2D eigenvalue weighted by molar-refractivity contribution is 0.526. The Morgan fingerprint density at radius 3 is 2.90 bits per heavy atom. The van der Waals surface area contributed by atoms with Crippen LogP contribution in [0.4, 0.5) is 4.39 Å². The van der Waals surface area contributed by atoms with Gasteiger partial charge in [-0.2, -0.15) is 0 Å². The van der Waals surface area contributed by atoms with Crippen molar-refractivity contribution in [2.75, 3.05) is 6.54 Å². The lowest BCUT2D eigenvalue weighted by Gasteiger charge is -2.14. The predicted octanol–water partition coefficient (Wildman–Crippen LogP) is 4.30. The molecule has 0 aliphatic heterocycles. The van der Waals surface area contributed by atoms with Gasteiger partial charge in [-0.3, -0.25) is 0 Å². The van der Waals surface area contributed by atoms with E-state index in [1.807, 2.05) is 18.2 Å². The van der Waals surface area contributed by atoms with Crippen LogP contribution in [0.2, 0.25) is 5.02 Å². The second kappa shape index (κ2) is 5.94. The maximum Gasteiger partial charge on any atom is 0.126 e. The third-order valence-electron chi connectivity index (χ3n) is 3.93. The molecule has 0 amide bonds. The Hall–Kier alpha value is -1.38. The molecule has 2 aromatic rings. The van der Waals surface area contributed by atoms with E-state index < -0.39 is 0 Å². The van der Waals surface area contributed by atoms with E-state index in [1.54, 1.807) is 6.07 Å². The number of halogens is 2. The van der Waals surface area contributed by atoms with Crippen molar-refractivity contribution in [2.45, 2.75) is 25.3 Å². The smallest absolute Gasteiger partial charge is 0.126 e. The van der Waals surface area contributed by atoms with Gasteiger partial charge < -0.3 is 5.32 Å². The van der Waals surface area contributed by atoms with Crippen molar-refractivity contribution in [3.05, 3.63) is 70.0 Å². The van der Waals surface area contributed by atoms with Crippen LogP contribution < -0.4 is 5.32 Å². The van der Waals surface area contributed by atoms with Gasteiger partial charge in [0.2, 0.25) is 0 Å². The van der Waals surface area contributed by atoms with Crippen LogP contribution in [0.3, 0.4) is 0 Å². The molecule has 0 spiro atoms. The molecule has 3 heteroatoms. The summed E-state index contributed by atoms with van der Waals surface area (Å²) < 4.78 is 13.5. The lowest BCUT2D eigenvalue weighted by atomic mass is 10.1. The molecule has 1 N–H and O–H groups in total. The highest BCUT2D eigenvalue weighted by Gasteiger charge is 2.21. The molecule has 3 rings (SSSR count). The number of hydrogen-bond donors (Lipinski definition) is 1. The van der Waals surface area contributed by atoms with Crippen molar-refractivity contribution in [3.63, 3.8) is 0 Å². The zero-order valence-corrected chi connectivity index (χ0v) is 12.0. The van der Waals surface area contributed by atoms with Crippen LogP contribution in [0.15, 0.2) is 42.5 Å². The molecule has 0 fully saturated rings. The molecule has 104 valence electrons. The minimum absolute atomic E-state index is 0.118. The van der Waals surface area contributed by atoms with Gasteiger partial charge in [-0.25, -0.2) is 4.39 Å². The zero-order chi connectivity index (χ0) is 13.9. The van der Waals surface area contributed by atoms with Crippen molar-refractivity contribution in [3.8, 4) is 0 Å². The van der Waals surface area contributed by atoms with Crippen LogP contribution >= 0.6 is 11.6 Å². The van der Waals surface area contributed by atoms with Crippen molar-refractivity contribution >= 4 is 11.6 Å². The Kier molecular flexibility index (Phi) is 4.04. The molecule has 1 aliphatic carbocycles. The SMILES string of the molecule is Fc1ccccc1CCNC1CCc2cc(Cl)ccc21. The van der Waals surface area contributed by atoms with Gasteiger partial charge in [-0.05, 0) is 60.7 Å². The Morgan fingerprint density at radius 2 is 2.05 bits per heavy atom. The van der Waals surface area contributed by atoms with E-state index in [0.717, 1.165) is 30.0 Å². The van der Waals surface area contributed by atoms with Crippen LogP contribution in [0.1, 0.15) is 29.2 Å². The fraction of sp³-hybridized carbons (Fsp3) is 0.294. The zero-order valence-electron chi connectivity index (χ0n) is 11.2. The first kappa shape index (κ1) is 13.6. The van der Waals surface area contributed by atoms with Gasteiger partial charge in [-0.15, -0.1) is 0 Å². The molecule has 0 saturated heterocycles. The van der Waals surface area contributed by atoms with Gasteiger partial charge in [0.15, 0.2) is 0 Å². The number of benzene rings is 2. The molecule has 0 saturated carbocycles. The Morgan fingerprint density at radius 1 is 1.20 bits per heavy atom. The number of rotatable bonds is 4. The van der Waals surface area contributed by atoms with Crippen molar-refractivity contribution in [1.82, 2.24) is 5.32 Å². The molecule has 0 aromatic heterocycles. The molecular formula is C17H17ClFN. The number of fused-ring (bicyclic) bond motifs is 1. The summed E-state index contributed by atoms with van der Waals surface area (Å²) in [7, 11) is 0. The summed E-state index contributed by atoms with van der Waals surface area (Å²) >= 11 is 6.01. The van der Waals surface area contributed by atoms with Gasteiger partial charge in [-0.1, -0.05) is 35.9 Å². The van der Waals surface area contributed by atoms with Crippen LogP contribution in [0.25, 0.3) is 0 Å². The number of hydrogen-bond acceptors (Lipinski definition) is 1. The average molecular weight is 290 g/mol. The van der Waals surface area contributed by atoms with Crippen molar-refractivity contribution < 1.29 is 4.39 Å². The third kappa shape index (κ3) is 2.87. The first-order chi connectivity index (χ1) is 9.74. The Bertz CT molecular complexity index is 612. The molecule has 1 unspecified atom stereocenters. The highest BCUT2D eigenvalue weighted by Crippen LogP contribution is 2.32. The molecule has 0 bridgehead atoms. The average Bonchev–Trinajstić information content (AvgIpc) is 2.83. The van der Waals surface area contributed by atoms with E-state index in [0.29, 0.717) is 12.5 Å². The summed E-state index contributed by atoms with van der Waals surface area (Å²) in [6.07, 6.45) is 2.87. The quantitative estimate of drug-likeness (QED) is 0.885. The molecule has 0 radical (unpaired) electrons. The van der Waals surface area contributed by atoms with Crippen molar-refractivity contribution in [2.24, 2.45) is 0 Å². The molecule has 1 nitrogen and oxygen atoms in total. The number of nitrogens with one attached hydrogen (secondary N) is 1. The standard InChI is InChI=1S/C17H17ClFN/c18-14-6-7-15-13(11-14)5-8-17(15)20-10-9-12-3-1-2-4-16(12)19/h1-4,6-7,11,17,20H,5,8-10H2. The second-order valence-electron chi connectivity index (χ2n) is 5.23. The summed E-state index contributed by atoms with van der Waals surface area (Å²) in [5.74, 6) is -0.118. The summed E-state index contributed by atoms with van der Waals surface area (Å²) in [4.78, 5) is 0. The van der Waals surface area contributed by atoms with E-state index in [-0.39, 0.29) is 5.82 Å². The first-order valence-electron chi connectivity index (χ1n) is 6.99. The van der Waals surface area contributed by atoms with E-state index in [9.17, 15) is 4.39 Å². The molecule has 1 atom stereocenters. The van der Waals surface area contributed by atoms with Gasteiger partial charge in [0.25, 0.3) is 0 Å². The predicted molar refractivity (Wildman–Crippen MR) is 80.6 cm³/mol. The van der Waals surface area contributed by atoms with Gasteiger partial charge in [0.1, 0.15) is 5.82 Å². The fourth-order valence-electron chi connectivity index (χ4n) is 2.88. The fourth-order valence-corrected chi connectivity index (χ4v) is 3.08. The number of aryl methyl sites for hydroxylation is 1. The van der Waals surface area contributed by atoms with Gasteiger partial charge in [0, 0.05) is 11.1 Å². The Balaban J connectivity index is 1.60. The minimum atomic E-state index is -0.118. The molecular weight excluding hydrogens is 273 g/mol.